The van der Waals surface area contributed by atoms with E-state index >= 15 is 0 Å². The summed E-state index contributed by atoms with van der Waals surface area (Å²) in [6.45, 7) is 3.74. The molecular weight excluding hydrogens is 228 g/mol. The van der Waals surface area contributed by atoms with Crippen molar-refractivity contribution in [2.24, 2.45) is 0 Å². The predicted molar refractivity (Wildman–Crippen MR) is 73.5 cm³/mol. The summed E-state index contributed by atoms with van der Waals surface area (Å²) in [5, 5.41) is 0. The summed E-state index contributed by atoms with van der Waals surface area (Å²) >= 11 is 0. The van der Waals surface area contributed by atoms with Crippen molar-refractivity contribution >= 4 is 11.4 Å². The largest absolute Gasteiger partial charge is 0.366 e. The lowest BCUT2D eigenvalue weighted by Gasteiger charge is -2.36. The van der Waals surface area contributed by atoms with E-state index in [2.05, 4.69) is 9.80 Å². The minimum absolute atomic E-state index is 0.252. The van der Waals surface area contributed by atoms with Gasteiger partial charge in [0.2, 0.25) is 0 Å². The Hall–Kier alpha value is -1.32. The van der Waals surface area contributed by atoms with Gasteiger partial charge in [-0.3, -0.25) is 9.59 Å². The molecular formula is C14H20N2O2. The molecule has 18 heavy (non-hydrogen) atoms. The van der Waals surface area contributed by atoms with Gasteiger partial charge in [0.05, 0.1) is 0 Å². The first-order chi connectivity index (χ1) is 8.79. The minimum atomic E-state index is -0.252. The van der Waals surface area contributed by atoms with Crippen molar-refractivity contribution in [2.75, 3.05) is 36.0 Å². The molecule has 0 spiro atoms. The van der Waals surface area contributed by atoms with Gasteiger partial charge in [-0.2, -0.15) is 0 Å². The van der Waals surface area contributed by atoms with Gasteiger partial charge in [0.25, 0.3) is 10.9 Å². The topological polar surface area (TPSA) is 40.6 Å². The average Bonchev–Trinajstić information content (AvgIpc) is 2.45. The molecule has 0 radical (unpaired) electrons. The third kappa shape index (κ3) is 1.84. The van der Waals surface area contributed by atoms with E-state index in [0.717, 1.165) is 63.2 Å². The molecule has 2 aliphatic rings. The third-order valence-corrected chi connectivity index (χ3v) is 4.21. The lowest BCUT2D eigenvalue weighted by atomic mass is 10.0. The molecule has 0 N–H and O–H groups in total. The Balaban J connectivity index is 1.87. The van der Waals surface area contributed by atoms with Crippen LogP contribution < -0.4 is 20.7 Å². The van der Waals surface area contributed by atoms with Gasteiger partial charge in [-0.05, 0) is 38.5 Å². The summed E-state index contributed by atoms with van der Waals surface area (Å²) < 4.78 is 0. The Morgan fingerprint density at radius 3 is 1.22 bits per heavy atom. The monoisotopic (exact) mass is 248 g/mol. The van der Waals surface area contributed by atoms with Crippen LogP contribution in [0.1, 0.15) is 38.5 Å². The third-order valence-electron chi connectivity index (χ3n) is 4.21. The Bertz CT molecular complexity index is 444. The van der Waals surface area contributed by atoms with Crippen LogP contribution in [-0.4, -0.2) is 26.2 Å². The molecule has 0 unspecified atom stereocenters. The first-order valence-corrected chi connectivity index (χ1v) is 7.12. The Kier molecular flexibility index (Phi) is 3.10. The minimum Gasteiger partial charge on any atom is -0.366 e. The molecule has 2 saturated heterocycles. The van der Waals surface area contributed by atoms with Crippen molar-refractivity contribution in [1.29, 1.82) is 0 Å². The molecule has 2 aliphatic heterocycles. The molecule has 1 aromatic rings. The van der Waals surface area contributed by atoms with Crippen LogP contribution in [0.3, 0.4) is 0 Å². The van der Waals surface area contributed by atoms with E-state index in [0.29, 0.717) is 0 Å². The number of hydrogen-bond donors (Lipinski definition) is 0. The molecule has 2 heterocycles. The van der Waals surface area contributed by atoms with E-state index in [9.17, 15) is 9.59 Å². The smallest absolute Gasteiger partial charge is 0.253 e. The van der Waals surface area contributed by atoms with Crippen molar-refractivity contribution in [1.82, 2.24) is 0 Å². The van der Waals surface area contributed by atoms with Gasteiger partial charge in [-0.15, -0.1) is 0 Å². The second-order valence-electron chi connectivity index (χ2n) is 5.45. The summed E-state index contributed by atoms with van der Waals surface area (Å²) in [5.74, 6) is 0. The number of anilines is 2. The SMILES string of the molecule is O=c1c(N2CCCCC2)c(N2CCCCC2)c1=O. The van der Waals surface area contributed by atoms with Crippen LogP contribution in [0.4, 0.5) is 11.4 Å². The van der Waals surface area contributed by atoms with Crippen LogP contribution in [0.15, 0.2) is 9.59 Å². The van der Waals surface area contributed by atoms with E-state index in [1.165, 1.54) is 12.8 Å². The lowest BCUT2D eigenvalue weighted by Crippen LogP contribution is -2.48. The number of rotatable bonds is 2. The Morgan fingerprint density at radius 2 is 0.889 bits per heavy atom. The Morgan fingerprint density at radius 1 is 0.556 bits per heavy atom. The van der Waals surface area contributed by atoms with Gasteiger partial charge < -0.3 is 9.80 Å². The second-order valence-corrected chi connectivity index (χ2v) is 5.45. The molecule has 1 aromatic carbocycles. The molecule has 3 rings (SSSR count). The highest BCUT2D eigenvalue weighted by Crippen LogP contribution is 2.28. The van der Waals surface area contributed by atoms with Crippen LogP contribution in [0.5, 0.6) is 0 Å². The molecule has 4 heteroatoms. The van der Waals surface area contributed by atoms with Crippen LogP contribution in [0.25, 0.3) is 0 Å². The van der Waals surface area contributed by atoms with Crippen LogP contribution in [0, 0.1) is 0 Å². The van der Waals surface area contributed by atoms with Crippen LogP contribution >= 0.6 is 0 Å². The molecule has 0 aliphatic carbocycles. The van der Waals surface area contributed by atoms with Crippen molar-refractivity contribution in [3.05, 3.63) is 20.4 Å². The Labute approximate surface area is 107 Å². The van der Waals surface area contributed by atoms with E-state index in [1.54, 1.807) is 0 Å². The highest BCUT2D eigenvalue weighted by molar-refractivity contribution is 5.76. The van der Waals surface area contributed by atoms with E-state index in [4.69, 9.17) is 0 Å². The summed E-state index contributed by atoms with van der Waals surface area (Å²) in [7, 11) is 0. The first kappa shape index (κ1) is 11.8. The maximum atomic E-state index is 11.8. The normalized spacial score (nSPS) is 21.6. The summed E-state index contributed by atoms with van der Waals surface area (Å²) in [4.78, 5) is 27.9. The quantitative estimate of drug-likeness (QED) is 0.739. The van der Waals surface area contributed by atoms with Gasteiger partial charge in [0.15, 0.2) is 0 Å². The van der Waals surface area contributed by atoms with Gasteiger partial charge in [-0.25, -0.2) is 0 Å². The van der Waals surface area contributed by atoms with Crippen LogP contribution in [0.2, 0.25) is 0 Å². The number of piperidine rings is 2. The fourth-order valence-corrected chi connectivity index (χ4v) is 3.19. The molecule has 2 fully saturated rings. The fraction of sp³-hybridized carbons (Fsp3) is 0.714. The van der Waals surface area contributed by atoms with Crippen molar-refractivity contribution < 1.29 is 0 Å². The second kappa shape index (κ2) is 4.75. The van der Waals surface area contributed by atoms with Crippen molar-refractivity contribution in [2.45, 2.75) is 38.5 Å². The number of hydrogen-bond acceptors (Lipinski definition) is 4. The van der Waals surface area contributed by atoms with E-state index in [1.807, 2.05) is 0 Å². The summed E-state index contributed by atoms with van der Waals surface area (Å²) in [5.41, 5.74) is 0.943. The maximum absolute atomic E-state index is 11.8. The summed E-state index contributed by atoms with van der Waals surface area (Å²) in [6, 6.07) is 0. The first-order valence-electron chi connectivity index (χ1n) is 7.12. The van der Waals surface area contributed by atoms with Gasteiger partial charge >= 0.3 is 0 Å². The molecule has 0 saturated carbocycles. The molecule has 0 aromatic heterocycles. The fourth-order valence-electron chi connectivity index (χ4n) is 3.19. The van der Waals surface area contributed by atoms with Crippen molar-refractivity contribution in [3.63, 3.8) is 0 Å². The van der Waals surface area contributed by atoms with Gasteiger partial charge in [0.1, 0.15) is 11.4 Å². The standard InChI is InChI=1S/C14H20N2O2/c17-13-11(15-7-3-1-4-8-15)12(14(13)18)16-9-5-2-6-10-16/h1-10H2. The van der Waals surface area contributed by atoms with E-state index in [-0.39, 0.29) is 10.9 Å². The zero-order valence-corrected chi connectivity index (χ0v) is 10.8. The van der Waals surface area contributed by atoms with Gasteiger partial charge in [0, 0.05) is 26.2 Å². The zero-order chi connectivity index (χ0) is 12.5. The highest BCUT2D eigenvalue weighted by atomic mass is 16.2. The average molecular weight is 248 g/mol. The predicted octanol–water partition coefficient (Wildman–Crippen LogP) is 1.26. The molecule has 98 valence electrons. The summed E-state index contributed by atoms with van der Waals surface area (Å²) in [6.07, 6.45) is 7.03. The zero-order valence-electron chi connectivity index (χ0n) is 10.8. The molecule has 4 nitrogen and oxygen atoms in total. The van der Waals surface area contributed by atoms with Crippen molar-refractivity contribution in [3.8, 4) is 0 Å². The van der Waals surface area contributed by atoms with E-state index < -0.39 is 0 Å². The van der Waals surface area contributed by atoms with Gasteiger partial charge in [-0.1, -0.05) is 0 Å². The maximum Gasteiger partial charge on any atom is 0.253 e. The molecule has 0 bridgehead atoms. The lowest BCUT2D eigenvalue weighted by molar-refractivity contribution is 0.561. The highest BCUT2D eigenvalue weighted by Gasteiger charge is 2.30. The molecule has 0 atom stereocenters. The molecule has 0 amide bonds. The van der Waals surface area contributed by atoms with Crippen LogP contribution in [-0.2, 0) is 0 Å². The number of nitrogens with zero attached hydrogens (tertiary/aromatic N) is 2.